The molecular formula is C16H31N2O6S+. The first-order chi connectivity index (χ1) is 11.8. The van der Waals surface area contributed by atoms with E-state index in [1.54, 1.807) is 9.48 Å². The number of hydrogen-bond acceptors (Lipinski definition) is 6. The fourth-order valence-electron chi connectivity index (χ4n) is 3.07. The van der Waals surface area contributed by atoms with Crippen molar-refractivity contribution >= 4 is 21.7 Å². The Balaban J connectivity index is 2.74. The minimum absolute atomic E-state index is 0.0430. The van der Waals surface area contributed by atoms with E-state index in [9.17, 15) is 23.4 Å². The first-order valence-corrected chi connectivity index (χ1v) is 10.5. The highest BCUT2D eigenvalue weighted by Crippen LogP contribution is 2.10. The summed E-state index contributed by atoms with van der Waals surface area (Å²) in [6.45, 7) is 3.33. The largest absolute Gasteiger partial charge is 0.392 e. The van der Waals surface area contributed by atoms with Gasteiger partial charge in [0.25, 0.3) is 10.1 Å². The number of amidine groups is 1. The molecule has 0 aromatic rings. The third-order valence-corrected chi connectivity index (χ3v) is 5.01. The Bertz CT molecular complexity index is 561. The van der Waals surface area contributed by atoms with Crippen LogP contribution in [0.4, 0.5) is 0 Å². The maximum Gasteiger partial charge on any atom is 0.316 e. The molecule has 1 heterocycles. The highest BCUT2D eigenvalue weighted by atomic mass is 32.2. The summed E-state index contributed by atoms with van der Waals surface area (Å²) in [5, 5.41) is 19.0. The minimum atomic E-state index is -4.27. The zero-order valence-electron chi connectivity index (χ0n) is 14.9. The second-order valence-electron chi connectivity index (χ2n) is 6.47. The van der Waals surface area contributed by atoms with Crippen molar-refractivity contribution in [2.75, 3.05) is 38.5 Å². The van der Waals surface area contributed by atoms with Crippen LogP contribution in [0.25, 0.3) is 0 Å². The van der Waals surface area contributed by atoms with Gasteiger partial charge in [0, 0.05) is 6.42 Å². The summed E-state index contributed by atoms with van der Waals surface area (Å²) >= 11 is 0. The molecule has 0 aromatic carbocycles. The van der Waals surface area contributed by atoms with Crippen LogP contribution in [0.5, 0.6) is 0 Å². The lowest BCUT2D eigenvalue weighted by Gasteiger charge is -2.13. The topological polar surface area (TPSA) is 118 Å². The van der Waals surface area contributed by atoms with Crippen LogP contribution in [-0.2, 0) is 14.9 Å². The van der Waals surface area contributed by atoms with Gasteiger partial charge in [-0.3, -0.25) is 18.8 Å². The quantitative estimate of drug-likeness (QED) is 0.232. The van der Waals surface area contributed by atoms with Crippen molar-refractivity contribution in [3.05, 3.63) is 0 Å². The number of rotatable bonds is 13. The summed E-state index contributed by atoms with van der Waals surface area (Å²) in [7, 11) is -4.27. The molecule has 0 saturated heterocycles. The molecule has 0 amide bonds. The third kappa shape index (κ3) is 8.26. The number of carbonyl (C=O) groups is 1. The van der Waals surface area contributed by atoms with Crippen molar-refractivity contribution < 1.29 is 32.6 Å². The molecule has 146 valence electrons. The molecule has 0 spiro atoms. The minimum Gasteiger partial charge on any atom is -0.392 e. The Morgan fingerprint density at radius 2 is 1.96 bits per heavy atom. The molecular weight excluding hydrogens is 348 g/mol. The molecule has 0 saturated carbocycles. The molecule has 0 radical (unpaired) electrons. The van der Waals surface area contributed by atoms with E-state index in [1.807, 2.05) is 0 Å². The molecule has 1 rings (SSSR count). The van der Waals surface area contributed by atoms with Gasteiger partial charge in [0.2, 0.25) is 5.78 Å². The Labute approximate surface area is 149 Å². The summed E-state index contributed by atoms with van der Waals surface area (Å²) in [4.78, 5) is 14.4. The molecule has 0 aromatic heterocycles. The van der Waals surface area contributed by atoms with Gasteiger partial charge in [0.15, 0.2) is 0 Å². The van der Waals surface area contributed by atoms with Crippen LogP contribution in [-0.4, -0.2) is 88.9 Å². The Morgan fingerprint density at radius 1 is 1.28 bits per heavy atom. The van der Waals surface area contributed by atoms with Crippen molar-refractivity contribution in [3.63, 3.8) is 0 Å². The van der Waals surface area contributed by atoms with E-state index in [0.717, 1.165) is 32.1 Å². The van der Waals surface area contributed by atoms with E-state index >= 15 is 0 Å². The van der Waals surface area contributed by atoms with Crippen LogP contribution in [0.15, 0.2) is 0 Å². The smallest absolute Gasteiger partial charge is 0.316 e. The van der Waals surface area contributed by atoms with Crippen molar-refractivity contribution in [3.8, 4) is 0 Å². The van der Waals surface area contributed by atoms with Gasteiger partial charge in [-0.25, -0.2) is 0 Å². The van der Waals surface area contributed by atoms with E-state index in [-0.39, 0.29) is 18.9 Å². The van der Waals surface area contributed by atoms with E-state index < -0.39 is 22.0 Å². The van der Waals surface area contributed by atoms with Gasteiger partial charge in [0.1, 0.15) is 38.0 Å². The molecule has 0 aliphatic carbocycles. The van der Waals surface area contributed by atoms with Crippen LogP contribution in [0.1, 0.15) is 45.4 Å². The van der Waals surface area contributed by atoms with Crippen molar-refractivity contribution in [2.45, 2.75) is 51.6 Å². The molecule has 8 nitrogen and oxygen atoms in total. The monoisotopic (exact) mass is 379 g/mol. The lowest BCUT2D eigenvalue weighted by atomic mass is 10.1. The molecule has 1 unspecified atom stereocenters. The maximum absolute atomic E-state index is 12.6. The molecule has 25 heavy (non-hydrogen) atoms. The second kappa shape index (κ2) is 10.8. The number of aliphatic hydroxyl groups is 2. The normalized spacial score (nSPS) is 16.6. The average molecular weight is 379 g/mol. The number of ketones is 1. The van der Waals surface area contributed by atoms with Crippen molar-refractivity contribution in [2.24, 2.45) is 0 Å². The molecule has 9 heteroatoms. The summed E-state index contributed by atoms with van der Waals surface area (Å²) in [5.41, 5.74) is 0. The lowest BCUT2D eigenvalue weighted by Crippen LogP contribution is -2.40. The number of unbranched alkanes of at least 4 members (excludes halogenated alkanes) is 4. The molecule has 1 aliphatic rings. The first kappa shape index (κ1) is 22.0. The van der Waals surface area contributed by atoms with E-state index in [4.69, 9.17) is 4.55 Å². The zero-order chi connectivity index (χ0) is 18.9. The van der Waals surface area contributed by atoms with Gasteiger partial charge < -0.3 is 10.2 Å². The van der Waals surface area contributed by atoms with Gasteiger partial charge in [0.05, 0.1) is 6.61 Å². The highest BCUT2D eigenvalue weighted by molar-refractivity contribution is 7.85. The van der Waals surface area contributed by atoms with Gasteiger partial charge in [-0.05, 0) is 6.42 Å². The van der Waals surface area contributed by atoms with Crippen LogP contribution >= 0.6 is 0 Å². The average Bonchev–Trinajstić information content (AvgIpc) is 2.87. The van der Waals surface area contributed by atoms with Gasteiger partial charge in [-0.2, -0.15) is 8.42 Å². The second-order valence-corrected chi connectivity index (χ2v) is 7.97. The predicted octanol–water partition coefficient (Wildman–Crippen LogP) is -0.116. The Morgan fingerprint density at radius 3 is 2.56 bits per heavy atom. The predicted molar refractivity (Wildman–Crippen MR) is 94.5 cm³/mol. The molecule has 3 N–H and O–H groups in total. The summed E-state index contributed by atoms with van der Waals surface area (Å²) in [5.74, 6) is -0.387. The van der Waals surface area contributed by atoms with Crippen LogP contribution in [0, 0.1) is 0 Å². The van der Waals surface area contributed by atoms with Gasteiger partial charge in [-0.15, -0.1) is 0 Å². The number of Topliss-reactive ketones (excluding diaryl/α,β-unsaturated/α-hetero) is 1. The summed E-state index contributed by atoms with van der Waals surface area (Å²) < 4.78 is 32.3. The Hall–Kier alpha value is -1.03. The molecule has 1 aliphatic heterocycles. The Kier molecular flexibility index (Phi) is 9.55. The number of aliphatic hydroxyl groups excluding tert-OH is 2. The maximum atomic E-state index is 12.6. The fourth-order valence-corrected chi connectivity index (χ4v) is 3.66. The van der Waals surface area contributed by atoms with Crippen LogP contribution in [0.3, 0.4) is 0 Å². The highest BCUT2D eigenvalue weighted by Gasteiger charge is 2.36. The number of β-amino-alcohol motifs (C(OH)–C–C–N with tert-alkyl or cyclic N) is 2. The fraction of sp³-hybridized carbons (Fsp3) is 0.875. The molecule has 0 bridgehead atoms. The summed E-state index contributed by atoms with van der Waals surface area (Å²) in [6, 6.07) is 0. The number of hydrogen-bond donors (Lipinski definition) is 3. The molecule has 1 atom stereocenters. The van der Waals surface area contributed by atoms with E-state index in [1.165, 1.54) is 0 Å². The first-order valence-electron chi connectivity index (χ1n) is 8.92. The van der Waals surface area contributed by atoms with E-state index in [0.29, 0.717) is 31.9 Å². The standard InChI is InChI=1S/C16H30N2O6S/c1-2-3-4-5-6-7-15(21)16-17(10-11-19)8-9-18(16)12-14(20)13-25(22,23)24/h14,19-20H,2-13H2,1H3/p+1. The van der Waals surface area contributed by atoms with Gasteiger partial charge >= 0.3 is 5.84 Å². The van der Waals surface area contributed by atoms with Crippen LogP contribution in [0.2, 0.25) is 0 Å². The SMILES string of the molecule is CCCCCCCC(=O)C1=[N+](CC(O)CS(=O)(=O)O)CCN1CCO. The zero-order valence-corrected chi connectivity index (χ0v) is 15.7. The number of carbonyl (C=O) groups excluding carboxylic acids is 1. The van der Waals surface area contributed by atoms with Crippen molar-refractivity contribution in [1.82, 2.24) is 4.90 Å². The summed E-state index contributed by atoms with van der Waals surface area (Å²) in [6.07, 6.45) is 4.26. The van der Waals surface area contributed by atoms with Crippen molar-refractivity contribution in [1.29, 1.82) is 0 Å². The molecule has 0 fully saturated rings. The third-order valence-electron chi connectivity index (χ3n) is 4.20. The van der Waals surface area contributed by atoms with E-state index in [2.05, 4.69) is 6.92 Å². The van der Waals surface area contributed by atoms with Gasteiger partial charge in [-0.1, -0.05) is 32.6 Å². The lowest BCUT2D eigenvalue weighted by molar-refractivity contribution is -0.525. The number of nitrogens with zero attached hydrogens (tertiary/aromatic N) is 2. The van der Waals surface area contributed by atoms with Crippen LogP contribution < -0.4 is 0 Å².